The Labute approximate surface area is 125 Å². The van der Waals surface area contributed by atoms with Crippen LogP contribution in [0.2, 0.25) is 5.02 Å². The van der Waals surface area contributed by atoms with Crippen LogP contribution in [-0.4, -0.2) is 23.3 Å². The minimum Gasteiger partial charge on any atom is -0.258 e. The Hall–Kier alpha value is -2.26. The maximum absolute atomic E-state index is 12.3. The average molecular weight is 329 g/mol. The largest absolute Gasteiger partial charge is 0.289 e. The van der Waals surface area contributed by atoms with Crippen molar-refractivity contribution in [3.8, 4) is 0 Å². The zero-order valence-corrected chi connectivity index (χ0v) is 12.2. The van der Waals surface area contributed by atoms with Crippen LogP contribution < -0.4 is 4.72 Å². The van der Waals surface area contributed by atoms with E-state index in [1.807, 2.05) is 0 Å². The fourth-order valence-electron chi connectivity index (χ4n) is 1.60. The number of anilines is 1. The van der Waals surface area contributed by atoms with E-state index in [9.17, 15) is 18.5 Å². The Balaban J connectivity index is 2.50. The molecule has 0 aliphatic carbocycles. The second-order valence-corrected chi connectivity index (χ2v) is 6.06. The zero-order chi connectivity index (χ0) is 15.6. The summed E-state index contributed by atoms with van der Waals surface area (Å²) in [5.74, 6) is -0.130. The molecule has 110 valence electrons. The van der Waals surface area contributed by atoms with Gasteiger partial charge in [-0.2, -0.15) is 0 Å². The first-order valence-corrected chi connectivity index (χ1v) is 7.42. The van der Waals surface area contributed by atoms with Crippen LogP contribution in [0, 0.1) is 17.0 Å². The van der Waals surface area contributed by atoms with Crippen LogP contribution in [0.15, 0.2) is 35.5 Å². The average Bonchev–Trinajstić information content (AvgIpc) is 2.38. The smallest absolute Gasteiger partial charge is 0.258 e. The van der Waals surface area contributed by atoms with Gasteiger partial charge in [-0.1, -0.05) is 11.6 Å². The highest BCUT2D eigenvalue weighted by Crippen LogP contribution is 2.30. The van der Waals surface area contributed by atoms with Gasteiger partial charge in [-0.15, -0.1) is 0 Å². The predicted octanol–water partition coefficient (Wildman–Crippen LogP) is 2.15. The molecular formula is C11H9ClN4O4S. The summed E-state index contributed by atoms with van der Waals surface area (Å²) in [4.78, 5) is 17.3. The highest BCUT2D eigenvalue weighted by Gasteiger charge is 2.24. The van der Waals surface area contributed by atoms with E-state index >= 15 is 0 Å². The highest BCUT2D eigenvalue weighted by molar-refractivity contribution is 7.92. The van der Waals surface area contributed by atoms with E-state index in [2.05, 4.69) is 14.7 Å². The number of nitro benzene ring substituents is 1. The molecule has 0 spiro atoms. The van der Waals surface area contributed by atoms with Gasteiger partial charge in [0.2, 0.25) is 5.95 Å². The lowest BCUT2D eigenvalue weighted by molar-refractivity contribution is -0.384. The fourth-order valence-corrected chi connectivity index (χ4v) is 3.09. The van der Waals surface area contributed by atoms with Crippen molar-refractivity contribution in [3.05, 3.63) is 51.3 Å². The number of benzene rings is 1. The lowest BCUT2D eigenvalue weighted by atomic mass is 10.2. The van der Waals surface area contributed by atoms with Gasteiger partial charge in [0.1, 0.15) is 5.02 Å². The van der Waals surface area contributed by atoms with Gasteiger partial charge >= 0.3 is 0 Å². The summed E-state index contributed by atoms with van der Waals surface area (Å²) in [5, 5.41) is 10.7. The summed E-state index contributed by atoms with van der Waals surface area (Å²) >= 11 is 5.73. The van der Waals surface area contributed by atoms with Gasteiger partial charge < -0.3 is 0 Å². The maximum Gasteiger partial charge on any atom is 0.289 e. The summed E-state index contributed by atoms with van der Waals surface area (Å²) in [6.07, 6.45) is 2.73. The summed E-state index contributed by atoms with van der Waals surface area (Å²) in [5.41, 5.74) is -0.217. The van der Waals surface area contributed by atoms with Crippen LogP contribution in [0.5, 0.6) is 0 Å². The third kappa shape index (κ3) is 3.26. The minimum atomic E-state index is -4.05. The molecule has 0 saturated heterocycles. The first kappa shape index (κ1) is 15.1. The Bertz CT molecular complexity index is 795. The first-order valence-electron chi connectivity index (χ1n) is 5.55. The van der Waals surface area contributed by atoms with E-state index < -0.39 is 20.6 Å². The van der Waals surface area contributed by atoms with Crippen molar-refractivity contribution in [2.75, 3.05) is 4.72 Å². The molecule has 1 N–H and O–H groups in total. The standard InChI is InChI=1S/C11H9ClN4O4S/c1-7-5-8(12)9(16(17)18)6-10(7)21(19,20)15-11-13-3-2-4-14-11/h2-6H,1H3,(H,13,14,15). The molecule has 8 nitrogen and oxygen atoms in total. The van der Waals surface area contributed by atoms with Crippen LogP contribution in [0.3, 0.4) is 0 Å². The molecule has 0 saturated carbocycles. The first-order chi connectivity index (χ1) is 9.81. The number of halogens is 1. The molecule has 0 amide bonds. The molecule has 0 bridgehead atoms. The Kier molecular flexibility index (Phi) is 4.05. The Morgan fingerprint density at radius 1 is 1.29 bits per heavy atom. The number of nitrogens with zero attached hydrogens (tertiary/aromatic N) is 3. The topological polar surface area (TPSA) is 115 Å². The fraction of sp³-hybridized carbons (Fsp3) is 0.0909. The van der Waals surface area contributed by atoms with Gasteiger partial charge in [0.25, 0.3) is 15.7 Å². The van der Waals surface area contributed by atoms with Crippen LogP contribution in [-0.2, 0) is 10.0 Å². The van der Waals surface area contributed by atoms with Crippen LogP contribution in [0.1, 0.15) is 5.56 Å². The number of rotatable bonds is 4. The van der Waals surface area contributed by atoms with Crippen molar-refractivity contribution in [1.82, 2.24) is 9.97 Å². The van der Waals surface area contributed by atoms with Crippen molar-refractivity contribution >= 4 is 33.3 Å². The lowest BCUT2D eigenvalue weighted by Gasteiger charge is -2.09. The number of nitrogens with one attached hydrogen (secondary N) is 1. The van der Waals surface area contributed by atoms with Crippen molar-refractivity contribution < 1.29 is 13.3 Å². The van der Waals surface area contributed by atoms with E-state index in [0.29, 0.717) is 0 Å². The summed E-state index contributed by atoms with van der Waals surface area (Å²) < 4.78 is 26.6. The van der Waals surface area contributed by atoms with E-state index in [1.54, 1.807) is 0 Å². The molecule has 0 unspecified atom stereocenters. The van der Waals surface area contributed by atoms with E-state index in [1.165, 1.54) is 31.5 Å². The number of hydrogen-bond acceptors (Lipinski definition) is 6. The van der Waals surface area contributed by atoms with Crippen molar-refractivity contribution in [2.45, 2.75) is 11.8 Å². The van der Waals surface area contributed by atoms with Crippen LogP contribution >= 0.6 is 11.6 Å². The summed E-state index contributed by atoms with van der Waals surface area (Å²) in [7, 11) is -4.05. The third-order valence-electron chi connectivity index (χ3n) is 2.52. The van der Waals surface area contributed by atoms with Gasteiger partial charge in [0.05, 0.1) is 9.82 Å². The normalized spacial score (nSPS) is 11.1. The van der Waals surface area contributed by atoms with Crippen LogP contribution in [0.4, 0.5) is 11.6 Å². The van der Waals surface area contributed by atoms with E-state index in [0.717, 1.165) is 6.07 Å². The second kappa shape index (κ2) is 5.62. The molecular weight excluding hydrogens is 320 g/mol. The molecule has 1 aromatic heterocycles. The van der Waals surface area contributed by atoms with Gasteiger partial charge in [0, 0.05) is 18.5 Å². The molecule has 10 heteroatoms. The SMILES string of the molecule is Cc1cc(Cl)c([N+](=O)[O-])cc1S(=O)(=O)Nc1ncccn1. The molecule has 0 fully saturated rings. The van der Waals surface area contributed by atoms with Crippen molar-refractivity contribution in [1.29, 1.82) is 0 Å². The molecule has 21 heavy (non-hydrogen) atoms. The third-order valence-corrected chi connectivity index (χ3v) is 4.29. The predicted molar refractivity (Wildman–Crippen MR) is 75.7 cm³/mol. The molecule has 2 aromatic rings. The van der Waals surface area contributed by atoms with Crippen molar-refractivity contribution in [3.63, 3.8) is 0 Å². The lowest BCUT2D eigenvalue weighted by Crippen LogP contribution is -2.16. The number of nitro groups is 1. The summed E-state index contributed by atoms with van der Waals surface area (Å²) in [6, 6.07) is 3.65. The van der Waals surface area contributed by atoms with Gasteiger partial charge in [0.15, 0.2) is 0 Å². The van der Waals surface area contributed by atoms with Gasteiger partial charge in [-0.3, -0.25) is 10.1 Å². The Morgan fingerprint density at radius 3 is 2.48 bits per heavy atom. The highest BCUT2D eigenvalue weighted by atomic mass is 35.5. The molecule has 0 radical (unpaired) electrons. The quantitative estimate of drug-likeness (QED) is 0.679. The number of sulfonamides is 1. The van der Waals surface area contributed by atoms with Gasteiger partial charge in [-0.25, -0.2) is 23.1 Å². The Morgan fingerprint density at radius 2 is 1.90 bits per heavy atom. The molecule has 0 aliphatic heterocycles. The zero-order valence-electron chi connectivity index (χ0n) is 10.6. The number of hydrogen-bond donors (Lipinski definition) is 1. The molecule has 0 aliphatic rings. The molecule has 0 atom stereocenters. The van der Waals surface area contributed by atoms with E-state index in [-0.39, 0.29) is 21.4 Å². The van der Waals surface area contributed by atoms with Crippen LogP contribution in [0.25, 0.3) is 0 Å². The molecule has 2 rings (SSSR count). The van der Waals surface area contributed by atoms with Crippen molar-refractivity contribution in [2.24, 2.45) is 0 Å². The summed E-state index contributed by atoms with van der Waals surface area (Å²) in [6.45, 7) is 1.48. The maximum atomic E-state index is 12.3. The molecule has 1 aromatic carbocycles. The monoisotopic (exact) mass is 328 g/mol. The van der Waals surface area contributed by atoms with Gasteiger partial charge in [-0.05, 0) is 24.6 Å². The minimum absolute atomic E-state index is 0.130. The number of aromatic nitrogens is 2. The molecule has 1 heterocycles. The number of aryl methyl sites for hydroxylation is 1. The second-order valence-electron chi connectivity index (χ2n) is 4.00. The van der Waals surface area contributed by atoms with E-state index in [4.69, 9.17) is 11.6 Å².